The quantitative estimate of drug-likeness (QED) is 0.470. The zero-order valence-electron chi connectivity index (χ0n) is 7.29. The summed E-state index contributed by atoms with van der Waals surface area (Å²) in [6.45, 7) is 1.22. The van der Waals surface area contributed by atoms with E-state index >= 15 is 0 Å². The molecule has 74 valence electrons. The highest BCUT2D eigenvalue weighted by Crippen LogP contribution is 2.25. The largest absolute Gasteiger partial charge is 0.394 e. The number of aliphatic hydroxyl groups excluding tert-OH is 3. The maximum Gasteiger partial charge on any atom is 0.149 e. The minimum atomic E-state index is -1.12. The van der Waals surface area contributed by atoms with Crippen molar-refractivity contribution in [1.82, 2.24) is 0 Å². The van der Waals surface area contributed by atoms with E-state index in [9.17, 15) is 10.2 Å². The minimum absolute atomic E-state index is 0.400. The predicted octanol–water partition coefficient (Wildman–Crippen LogP) is -1.37. The van der Waals surface area contributed by atoms with E-state index in [0.717, 1.165) is 0 Å². The van der Waals surface area contributed by atoms with E-state index in [1.54, 1.807) is 6.92 Å². The van der Waals surface area contributed by atoms with E-state index in [4.69, 9.17) is 15.1 Å². The molecule has 0 amide bonds. The van der Waals surface area contributed by atoms with Crippen LogP contribution in [0.3, 0.4) is 0 Å². The van der Waals surface area contributed by atoms with Crippen LogP contribution in [0, 0.1) is 17.2 Å². The van der Waals surface area contributed by atoms with Gasteiger partial charge in [-0.05, 0) is 0 Å². The van der Waals surface area contributed by atoms with Gasteiger partial charge in [-0.3, -0.25) is 0 Å². The molecule has 5 atom stereocenters. The summed E-state index contributed by atoms with van der Waals surface area (Å²) in [5.74, 6) is -0.442. The van der Waals surface area contributed by atoms with Gasteiger partial charge in [0.1, 0.15) is 18.3 Å². The molecule has 1 rings (SSSR count). The third-order valence-electron chi connectivity index (χ3n) is 2.38. The summed E-state index contributed by atoms with van der Waals surface area (Å²) < 4.78 is 5.06. The van der Waals surface area contributed by atoms with Crippen LogP contribution in [-0.2, 0) is 4.74 Å². The first-order chi connectivity index (χ1) is 6.11. The molecule has 3 unspecified atom stereocenters. The van der Waals surface area contributed by atoms with Crippen LogP contribution >= 0.6 is 0 Å². The Bertz CT molecular complexity index is 213. The summed E-state index contributed by atoms with van der Waals surface area (Å²) in [4.78, 5) is 0. The maximum atomic E-state index is 9.46. The molecule has 0 aliphatic carbocycles. The van der Waals surface area contributed by atoms with Crippen molar-refractivity contribution in [2.24, 2.45) is 5.92 Å². The third kappa shape index (κ3) is 1.81. The van der Waals surface area contributed by atoms with E-state index in [1.165, 1.54) is 0 Å². The fourth-order valence-corrected chi connectivity index (χ4v) is 1.40. The second kappa shape index (κ2) is 4.03. The Labute approximate surface area is 76.2 Å². The molecule has 1 fully saturated rings. The minimum Gasteiger partial charge on any atom is -0.394 e. The second-order valence-corrected chi connectivity index (χ2v) is 3.25. The molecule has 1 aliphatic heterocycles. The molecule has 3 N–H and O–H groups in total. The molecule has 0 aromatic carbocycles. The van der Waals surface area contributed by atoms with Crippen molar-refractivity contribution in [3.8, 4) is 6.07 Å². The fourth-order valence-electron chi connectivity index (χ4n) is 1.40. The first-order valence-corrected chi connectivity index (χ1v) is 4.14. The van der Waals surface area contributed by atoms with Crippen LogP contribution in [-0.4, -0.2) is 46.3 Å². The van der Waals surface area contributed by atoms with Crippen molar-refractivity contribution in [1.29, 1.82) is 5.26 Å². The number of ether oxygens (including phenoxy) is 1. The smallest absolute Gasteiger partial charge is 0.149 e. The van der Waals surface area contributed by atoms with Crippen molar-refractivity contribution < 1.29 is 20.1 Å². The molecule has 0 bridgehead atoms. The average molecular weight is 187 g/mol. The molecule has 1 heterocycles. The zero-order chi connectivity index (χ0) is 10.0. The lowest BCUT2D eigenvalue weighted by Gasteiger charge is -2.38. The van der Waals surface area contributed by atoms with Gasteiger partial charge < -0.3 is 20.1 Å². The summed E-state index contributed by atoms with van der Waals surface area (Å²) >= 11 is 0. The average Bonchev–Trinajstić information content (AvgIpc) is 2.15. The Morgan fingerprint density at radius 1 is 1.38 bits per heavy atom. The first-order valence-electron chi connectivity index (χ1n) is 4.14. The number of nitriles is 1. The molecule has 13 heavy (non-hydrogen) atoms. The van der Waals surface area contributed by atoms with Gasteiger partial charge in [0.05, 0.1) is 18.8 Å². The molecule has 5 nitrogen and oxygen atoms in total. The van der Waals surface area contributed by atoms with Crippen molar-refractivity contribution in [3.05, 3.63) is 0 Å². The number of nitrogens with zero attached hydrogens (tertiary/aromatic N) is 1. The van der Waals surface area contributed by atoms with Crippen LogP contribution in [0.2, 0.25) is 0 Å². The highest BCUT2D eigenvalue weighted by Gasteiger charge is 2.41. The lowest BCUT2D eigenvalue weighted by atomic mass is 9.89. The van der Waals surface area contributed by atoms with Gasteiger partial charge in [-0.2, -0.15) is 5.26 Å². The van der Waals surface area contributed by atoms with Gasteiger partial charge in [-0.1, -0.05) is 6.92 Å². The summed E-state index contributed by atoms with van der Waals surface area (Å²) in [6.07, 6.45) is -3.77. The van der Waals surface area contributed by atoms with E-state index in [1.807, 2.05) is 6.07 Å². The number of hydrogen-bond donors (Lipinski definition) is 3. The van der Waals surface area contributed by atoms with Gasteiger partial charge in [0.2, 0.25) is 0 Å². The molecule has 0 saturated carbocycles. The van der Waals surface area contributed by atoms with Gasteiger partial charge >= 0.3 is 0 Å². The molecule has 0 aromatic rings. The number of hydrogen-bond acceptors (Lipinski definition) is 5. The summed E-state index contributed by atoms with van der Waals surface area (Å²) in [5.41, 5.74) is 0. The van der Waals surface area contributed by atoms with Gasteiger partial charge in [-0.15, -0.1) is 0 Å². The molecular formula is C8H13NO4. The monoisotopic (exact) mass is 187 g/mol. The Kier molecular flexibility index (Phi) is 3.22. The Morgan fingerprint density at radius 3 is 2.46 bits per heavy atom. The highest BCUT2D eigenvalue weighted by atomic mass is 16.5. The van der Waals surface area contributed by atoms with E-state index in [-0.39, 0.29) is 0 Å². The van der Waals surface area contributed by atoms with Gasteiger partial charge in [0.15, 0.2) is 0 Å². The van der Waals surface area contributed by atoms with Gasteiger partial charge in [-0.25, -0.2) is 0 Å². The SMILES string of the molecule is C[C@H]1C(C#N)O[C@H](CO)C(O)C1O. The van der Waals surface area contributed by atoms with Crippen LogP contribution in [0.25, 0.3) is 0 Å². The number of aliphatic hydroxyl groups is 3. The molecular weight excluding hydrogens is 174 g/mol. The van der Waals surface area contributed by atoms with Crippen molar-refractivity contribution in [3.63, 3.8) is 0 Å². The lowest BCUT2D eigenvalue weighted by Crippen LogP contribution is -2.54. The summed E-state index contributed by atoms with van der Waals surface area (Å²) in [7, 11) is 0. The van der Waals surface area contributed by atoms with Crippen LogP contribution in [0.1, 0.15) is 6.92 Å². The Morgan fingerprint density at radius 2 is 2.00 bits per heavy atom. The molecule has 0 spiro atoms. The molecule has 5 heteroatoms. The van der Waals surface area contributed by atoms with Crippen LogP contribution in [0.15, 0.2) is 0 Å². The zero-order valence-corrected chi connectivity index (χ0v) is 7.29. The van der Waals surface area contributed by atoms with Crippen LogP contribution in [0.4, 0.5) is 0 Å². The Balaban J connectivity index is 2.73. The molecule has 0 aromatic heterocycles. The Hall–Kier alpha value is -0.670. The maximum absolute atomic E-state index is 9.46. The van der Waals surface area contributed by atoms with Crippen molar-refractivity contribution >= 4 is 0 Å². The summed E-state index contributed by atoms with van der Waals surface area (Å²) in [6, 6.07) is 1.86. The van der Waals surface area contributed by atoms with E-state index < -0.39 is 36.9 Å². The van der Waals surface area contributed by atoms with Gasteiger partial charge in [0.25, 0.3) is 0 Å². The summed E-state index contributed by atoms with van der Waals surface area (Å²) in [5, 5.41) is 36.2. The molecule has 0 radical (unpaired) electrons. The van der Waals surface area contributed by atoms with Crippen LogP contribution < -0.4 is 0 Å². The third-order valence-corrected chi connectivity index (χ3v) is 2.38. The topological polar surface area (TPSA) is 93.7 Å². The number of rotatable bonds is 1. The van der Waals surface area contributed by atoms with Gasteiger partial charge in [0, 0.05) is 5.92 Å². The standard InChI is InChI=1S/C8H13NO4/c1-4-5(2-9)13-6(3-10)8(12)7(4)11/h4-8,10-12H,3H2,1H3/t4-,5?,6+,7?,8?/m0/s1. The van der Waals surface area contributed by atoms with Crippen molar-refractivity contribution in [2.75, 3.05) is 6.61 Å². The van der Waals surface area contributed by atoms with Crippen molar-refractivity contribution in [2.45, 2.75) is 31.3 Å². The van der Waals surface area contributed by atoms with E-state index in [2.05, 4.69) is 0 Å². The molecule has 1 saturated heterocycles. The van der Waals surface area contributed by atoms with E-state index in [0.29, 0.717) is 0 Å². The lowest BCUT2D eigenvalue weighted by molar-refractivity contribution is -0.190. The van der Waals surface area contributed by atoms with Crippen LogP contribution in [0.5, 0.6) is 0 Å². The fraction of sp³-hybridized carbons (Fsp3) is 0.875. The molecule has 1 aliphatic rings. The second-order valence-electron chi connectivity index (χ2n) is 3.25. The predicted molar refractivity (Wildman–Crippen MR) is 42.5 cm³/mol. The highest BCUT2D eigenvalue weighted by molar-refractivity contribution is 4.99. The first kappa shape index (κ1) is 10.4. The normalized spacial score (nSPS) is 45.6.